The third kappa shape index (κ3) is 2.00. The lowest BCUT2D eigenvalue weighted by atomic mass is 10.3. The van der Waals surface area contributed by atoms with E-state index in [4.69, 9.17) is 5.11 Å². The predicted octanol–water partition coefficient (Wildman–Crippen LogP) is 0.359. The zero-order chi connectivity index (χ0) is 12.4. The van der Waals surface area contributed by atoms with Crippen molar-refractivity contribution in [1.82, 2.24) is 14.8 Å². The quantitative estimate of drug-likeness (QED) is 0.795. The number of nitrogens with one attached hydrogen (secondary N) is 1. The van der Waals surface area contributed by atoms with Gasteiger partial charge in [-0.2, -0.15) is 5.10 Å². The Morgan fingerprint density at radius 3 is 2.88 bits per heavy atom. The number of anilines is 1. The van der Waals surface area contributed by atoms with Crippen molar-refractivity contribution >= 4 is 17.6 Å². The molecule has 0 bridgehead atoms. The largest absolute Gasteiger partial charge is 0.476 e. The summed E-state index contributed by atoms with van der Waals surface area (Å²) in [5.41, 5.74) is 0.0556. The second kappa shape index (κ2) is 4.08. The van der Waals surface area contributed by atoms with Crippen molar-refractivity contribution in [2.75, 3.05) is 5.32 Å². The lowest BCUT2D eigenvalue weighted by molar-refractivity contribution is 0.0686. The first-order chi connectivity index (χ1) is 8.09. The van der Waals surface area contributed by atoms with Crippen LogP contribution >= 0.6 is 0 Å². The highest BCUT2D eigenvalue weighted by atomic mass is 16.4. The van der Waals surface area contributed by atoms with E-state index in [9.17, 15) is 9.59 Å². The fourth-order valence-electron chi connectivity index (χ4n) is 1.29. The van der Waals surface area contributed by atoms with Crippen LogP contribution in [0.5, 0.6) is 0 Å². The minimum Gasteiger partial charge on any atom is -0.476 e. The standard InChI is InChI=1S/C9H8N4O4/c1-13-7(9(15)16)5(2-11-13)12-8(14)6-3-17-4-10-6/h2-4H,1H3,(H,12,14)(H,15,16). The smallest absolute Gasteiger partial charge is 0.356 e. The van der Waals surface area contributed by atoms with Crippen LogP contribution in [0, 0.1) is 0 Å². The minimum atomic E-state index is -1.18. The summed E-state index contributed by atoms with van der Waals surface area (Å²) in [6, 6.07) is 0. The molecule has 0 aliphatic carbocycles. The van der Waals surface area contributed by atoms with Crippen molar-refractivity contribution in [2.24, 2.45) is 7.05 Å². The molecule has 0 aromatic carbocycles. The van der Waals surface area contributed by atoms with E-state index in [1.807, 2.05) is 0 Å². The summed E-state index contributed by atoms with van der Waals surface area (Å²) in [7, 11) is 1.47. The lowest BCUT2D eigenvalue weighted by Gasteiger charge is -2.01. The summed E-state index contributed by atoms with van der Waals surface area (Å²) in [5.74, 6) is -1.74. The van der Waals surface area contributed by atoms with E-state index in [-0.39, 0.29) is 17.1 Å². The third-order valence-corrected chi connectivity index (χ3v) is 2.05. The van der Waals surface area contributed by atoms with E-state index in [2.05, 4.69) is 19.8 Å². The number of hydrogen-bond acceptors (Lipinski definition) is 5. The van der Waals surface area contributed by atoms with Gasteiger partial charge in [-0.15, -0.1) is 0 Å². The molecule has 2 N–H and O–H groups in total. The number of carbonyl (C=O) groups is 2. The molecule has 2 heterocycles. The molecule has 0 aliphatic heterocycles. The summed E-state index contributed by atoms with van der Waals surface area (Å²) in [6.45, 7) is 0. The molecule has 8 heteroatoms. The van der Waals surface area contributed by atoms with E-state index in [1.54, 1.807) is 0 Å². The van der Waals surface area contributed by atoms with Crippen molar-refractivity contribution < 1.29 is 19.1 Å². The molecule has 2 aromatic rings. The summed E-state index contributed by atoms with van der Waals surface area (Å²) in [5, 5.41) is 15.1. The number of aromatic carboxylic acids is 1. The van der Waals surface area contributed by atoms with Crippen LogP contribution in [0.1, 0.15) is 21.0 Å². The van der Waals surface area contributed by atoms with Crippen LogP contribution in [0.15, 0.2) is 23.3 Å². The van der Waals surface area contributed by atoms with Crippen LogP contribution in [0.2, 0.25) is 0 Å². The monoisotopic (exact) mass is 236 g/mol. The number of oxazole rings is 1. The highest BCUT2D eigenvalue weighted by molar-refractivity contribution is 6.05. The number of rotatable bonds is 3. The molecule has 2 aromatic heterocycles. The number of carboxylic acids is 1. The maximum Gasteiger partial charge on any atom is 0.356 e. The Bertz CT molecular complexity index is 558. The molecule has 1 amide bonds. The number of aromatic nitrogens is 3. The number of hydrogen-bond donors (Lipinski definition) is 2. The number of aryl methyl sites for hydroxylation is 1. The van der Waals surface area contributed by atoms with Gasteiger partial charge in [0.25, 0.3) is 5.91 Å². The highest BCUT2D eigenvalue weighted by Crippen LogP contribution is 2.14. The molecule has 0 radical (unpaired) electrons. The van der Waals surface area contributed by atoms with Crippen LogP contribution in [0.4, 0.5) is 5.69 Å². The molecule has 8 nitrogen and oxygen atoms in total. The Balaban J connectivity index is 2.25. The van der Waals surface area contributed by atoms with E-state index in [0.717, 1.165) is 17.3 Å². The molecular formula is C9H8N4O4. The number of amides is 1. The first-order valence-electron chi connectivity index (χ1n) is 4.54. The van der Waals surface area contributed by atoms with Gasteiger partial charge in [-0.25, -0.2) is 9.78 Å². The normalized spacial score (nSPS) is 10.2. The first-order valence-corrected chi connectivity index (χ1v) is 4.54. The van der Waals surface area contributed by atoms with Gasteiger partial charge in [-0.05, 0) is 0 Å². The fraction of sp³-hybridized carbons (Fsp3) is 0.111. The average molecular weight is 236 g/mol. The molecule has 0 saturated carbocycles. The van der Waals surface area contributed by atoms with Gasteiger partial charge >= 0.3 is 5.97 Å². The third-order valence-electron chi connectivity index (χ3n) is 2.05. The second-order valence-electron chi connectivity index (χ2n) is 3.16. The molecule has 2 rings (SSSR count). The maximum absolute atomic E-state index is 11.6. The van der Waals surface area contributed by atoms with E-state index < -0.39 is 11.9 Å². The molecule has 0 unspecified atom stereocenters. The summed E-state index contributed by atoms with van der Waals surface area (Å²) < 4.78 is 5.80. The zero-order valence-electron chi connectivity index (χ0n) is 8.75. The van der Waals surface area contributed by atoms with E-state index in [1.165, 1.54) is 13.2 Å². The molecule has 0 saturated heterocycles. The number of nitrogens with zero attached hydrogens (tertiary/aromatic N) is 3. The Labute approximate surface area is 94.9 Å². The Hall–Kier alpha value is -2.64. The van der Waals surface area contributed by atoms with Crippen LogP contribution < -0.4 is 5.32 Å². The maximum atomic E-state index is 11.6. The molecule has 0 fully saturated rings. The Kier molecular flexibility index (Phi) is 2.61. The van der Waals surface area contributed by atoms with Crippen LogP contribution in [0.25, 0.3) is 0 Å². The highest BCUT2D eigenvalue weighted by Gasteiger charge is 2.19. The summed E-state index contributed by atoms with van der Waals surface area (Å²) in [4.78, 5) is 26.2. The van der Waals surface area contributed by atoms with Crippen molar-refractivity contribution in [3.63, 3.8) is 0 Å². The second-order valence-corrected chi connectivity index (χ2v) is 3.16. The van der Waals surface area contributed by atoms with Gasteiger partial charge in [0.2, 0.25) is 0 Å². The predicted molar refractivity (Wildman–Crippen MR) is 54.6 cm³/mol. The molecule has 88 valence electrons. The van der Waals surface area contributed by atoms with Gasteiger partial charge in [0.15, 0.2) is 17.8 Å². The van der Waals surface area contributed by atoms with Gasteiger partial charge in [0.05, 0.1) is 11.9 Å². The molecule has 17 heavy (non-hydrogen) atoms. The minimum absolute atomic E-state index is 0.0604. The van der Waals surface area contributed by atoms with Gasteiger partial charge in [-0.3, -0.25) is 9.48 Å². The van der Waals surface area contributed by atoms with Gasteiger partial charge in [0, 0.05) is 7.05 Å². The van der Waals surface area contributed by atoms with Crippen molar-refractivity contribution in [3.05, 3.63) is 30.2 Å². The topological polar surface area (TPSA) is 110 Å². The number of carboxylic acid groups (broad SMARTS) is 1. The van der Waals surface area contributed by atoms with Gasteiger partial charge < -0.3 is 14.8 Å². The first kappa shape index (κ1) is 10.9. The van der Waals surface area contributed by atoms with Crippen LogP contribution in [0.3, 0.4) is 0 Å². The zero-order valence-corrected chi connectivity index (χ0v) is 8.75. The Morgan fingerprint density at radius 1 is 1.53 bits per heavy atom. The van der Waals surface area contributed by atoms with Crippen molar-refractivity contribution in [2.45, 2.75) is 0 Å². The van der Waals surface area contributed by atoms with E-state index >= 15 is 0 Å². The van der Waals surface area contributed by atoms with Gasteiger partial charge in [-0.1, -0.05) is 0 Å². The molecule has 0 aliphatic rings. The Morgan fingerprint density at radius 2 is 2.29 bits per heavy atom. The SMILES string of the molecule is Cn1ncc(NC(=O)c2cocn2)c1C(=O)O. The van der Waals surface area contributed by atoms with Crippen molar-refractivity contribution in [3.8, 4) is 0 Å². The molecule has 0 atom stereocenters. The summed E-state index contributed by atoms with van der Waals surface area (Å²) in [6.07, 6.45) is 3.52. The van der Waals surface area contributed by atoms with E-state index in [0.29, 0.717) is 0 Å². The van der Waals surface area contributed by atoms with Crippen LogP contribution in [-0.2, 0) is 7.05 Å². The molecular weight excluding hydrogens is 228 g/mol. The van der Waals surface area contributed by atoms with Crippen LogP contribution in [-0.4, -0.2) is 31.7 Å². The lowest BCUT2D eigenvalue weighted by Crippen LogP contribution is -2.15. The molecule has 0 spiro atoms. The summed E-state index contributed by atoms with van der Waals surface area (Å²) >= 11 is 0. The van der Waals surface area contributed by atoms with Crippen molar-refractivity contribution in [1.29, 1.82) is 0 Å². The van der Waals surface area contributed by atoms with Gasteiger partial charge in [0.1, 0.15) is 6.26 Å². The number of carbonyl (C=O) groups excluding carboxylic acids is 1. The average Bonchev–Trinajstić information content (AvgIpc) is 2.87. The fourth-order valence-corrected chi connectivity index (χ4v) is 1.29.